The lowest BCUT2D eigenvalue weighted by molar-refractivity contribution is -0.139. The van der Waals surface area contributed by atoms with Crippen molar-refractivity contribution in [2.75, 3.05) is 19.6 Å². The number of piperidine rings is 3. The van der Waals surface area contributed by atoms with Gasteiger partial charge in [0.15, 0.2) is 0 Å². The van der Waals surface area contributed by atoms with Crippen molar-refractivity contribution in [3.63, 3.8) is 0 Å². The van der Waals surface area contributed by atoms with E-state index in [0.717, 1.165) is 26.1 Å². The lowest BCUT2D eigenvalue weighted by atomic mass is 9.74. The molecule has 0 radical (unpaired) electrons. The first-order valence-electron chi connectivity index (χ1n) is 11.4. The van der Waals surface area contributed by atoms with E-state index in [0.29, 0.717) is 23.9 Å². The average molecular weight is 406 g/mol. The van der Waals surface area contributed by atoms with Crippen molar-refractivity contribution < 1.29 is 4.79 Å². The van der Waals surface area contributed by atoms with Gasteiger partial charge in [-0.2, -0.15) is 0 Å². The highest BCUT2D eigenvalue weighted by Crippen LogP contribution is 2.40. The molecule has 3 fully saturated rings. The highest BCUT2D eigenvalue weighted by atomic mass is 16.2. The van der Waals surface area contributed by atoms with E-state index in [4.69, 9.17) is 0 Å². The monoisotopic (exact) mass is 405 g/mol. The summed E-state index contributed by atoms with van der Waals surface area (Å²) >= 11 is 0. The number of carbonyl (C=O) groups excluding carboxylic acids is 1. The summed E-state index contributed by atoms with van der Waals surface area (Å²) in [6.07, 6.45) is 7.91. The molecule has 3 saturated heterocycles. The number of nitrogens with zero attached hydrogens (tertiary/aromatic N) is 3. The summed E-state index contributed by atoms with van der Waals surface area (Å²) in [5, 5.41) is 0. The Labute approximate surface area is 178 Å². The average Bonchev–Trinajstić information content (AvgIpc) is 2.76. The van der Waals surface area contributed by atoms with Crippen LogP contribution in [0.5, 0.6) is 0 Å². The molecule has 0 unspecified atom stereocenters. The van der Waals surface area contributed by atoms with Crippen LogP contribution >= 0.6 is 0 Å². The lowest BCUT2D eigenvalue weighted by Gasteiger charge is -2.55. The van der Waals surface area contributed by atoms with Gasteiger partial charge in [0.25, 0.3) is 5.56 Å². The molecule has 2 bridgehead atoms. The number of amides is 1. The van der Waals surface area contributed by atoms with Gasteiger partial charge < -0.3 is 9.47 Å². The summed E-state index contributed by atoms with van der Waals surface area (Å²) in [7, 11) is 0. The predicted octanol–water partition coefficient (Wildman–Crippen LogP) is 2.79. The molecule has 0 N–H and O–H groups in total. The van der Waals surface area contributed by atoms with Gasteiger partial charge in [0.1, 0.15) is 6.54 Å². The third-order valence-electron chi connectivity index (χ3n) is 7.39. The molecule has 158 valence electrons. The second-order valence-electron chi connectivity index (χ2n) is 9.37. The topological polar surface area (TPSA) is 45.6 Å². The van der Waals surface area contributed by atoms with E-state index in [2.05, 4.69) is 35.2 Å². The molecule has 5 heteroatoms. The molecule has 5 rings (SSSR count). The van der Waals surface area contributed by atoms with Crippen LogP contribution in [0.4, 0.5) is 0 Å². The molecular weight excluding hydrogens is 374 g/mol. The fourth-order valence-corrected chi connectivity index (χ4v) is 6.06. The van der Waals surface area contributed by atoms with E-state index in [1.54, 1.807) is 12.3 Å². The maximum Gasteiger partial charge on any atom is 0.250 e. The predicted molar refractivity (Wildman–Crippen MR) is 117 cm³/mol. The molecule has 1 aromatic heterocycles. The number of pyridine rings is 1. The molecule has 3 aliphatic rings. The molecule has 2 aromatic rings. The SMILES string of the molecule is O=C(Cn1ccccc1=O)N1C[C@@H]2C[C@H](C1)[C@@H]1CCC[C@H](Cc3ccccc3)N1C2. The van der Waals surface area contributed by atoms with Gasteiger partial charge in [0, 0.05) is 44.0 Å². The van der Waals surface area contributed by atoms with E-state index in [1.165, 1.54) is 41.9 Å². The molecule has 0 aliphatic carbocycles. The number of aromatic nitrogens is 1. The Bertz CT molecular complexity index is 941. The first-order chi connectivity index (χ1) is 14.7. The molecule has 4 atom stereocenters. The van der Waals surface area contributed by atoms with Crippen molar-refractivity contribution in [3.05, 3.63) is 70.6 Å². The Morgan fingerprint density at radius 2 is 1.80 bits per heavy atom. The smallest absolute Gasteiger partial charge is 0.250 e. The Morgan fingerprint density at radius 1 is 0.967 bits per heavy atom. The molecule has 0 spiro atoms. The highest BCUT2D eigenvalue weighted by Gasteiger charge is 2.45. The standard InChI is InChI=1S/C25H31N3O2/c29-24-11-4-5-12-26(24)18-25(30)27-15-20-13-21(17-27)23-10-6-9-22(28(23)16-20)14-19-7-2-1-3-8-19/h1-5,7-8,11-12,20-23H,6,9-10,13-18H2/t20-,21+,22+,23-/m0/s1. The quantitative estimate of drug-likeness (QED) is 0.786. The zero-order valence-corrected chi connectivity index (χ0v) is 17.5. The van der Waals surface area contributed by atoms with E-state index < -0.39 is 0 Å². The van der Waals surface area contributed by atoms with Crippen LogP contribution < -0.4 is 5.56 Å². The summed E-state index contributed by atoms with van der Waals surface area (Å²) < 4.78 is 1.52. The summed E-state index contributed by atoms with van der Waals surface area (Å²) in [5.74, 6) is 1.20. The zero-order valence-electron chi connectivity index (χ0n) is 17.5. The fourth-order valence-electron chi connectivity index (χ4n) is 6.06. The zero-order chi connectivity index (χ0) is 20.5. The number of fused-ring (bicyclic) bond motifs is 4. The van der Waals surface area contributed by atoms with Gasteiger partial charge in [-0.3, -0.25) is 14.5 Å². The van der Waals surface area contributed by atoms with E-state index in [9.17, 15) is 9.59 Å². The summed E-state index contributed by atoms with van der Waals surface area (Å²) in [6.45, 7) is 2.94. The molecular formula is C25H31N3O2. The van der Waals surface area contributed by atoms with Crippen LogP contribution in [-0.2, 0) is 17.8 Å². The van der Waals surface area contributed by atoms with Gasteiger partial charge in [-0.15, -0.1) is 0 Å². The Balaban J connectivity index is 1.27. The summed E-state index contributed by atoms with van der Waals surface area (Å²) in [4.78, 5) is 29.8. The van der Waals surface area contributed by atoms with E-state index in [1.807, 2.05) is 11.0 Å². The number of hydrogen-bond acceptors (Lipinski definition) is 3. The van der Waals surface area contributed by atoms with Gasteiger partial charge in [-0.1, -0.05) is 42.8 Å². The molecule has 5 nitrogen and oxygen atoms in total. The minimum atomic E-state index is -0.106. The largest absolute Gasteiger partial charge is 0.340 e. The van der Waals surface area contributed by atoms with Crippen molar-refractivity contribution in [2.45, 2.75) is 50.7 Å². The van der Waals surface area contributed by atoms with Gasteiger partial charge in [0.2, 0.25) is 5.91 Å². The number of likely N-dealkylation sites (tertiary alicyclic amines) is 1. The van der Waals surface area contributed by atoms with Gasteiger partial charge in [-0.05, 0) is 49.1 Å². The number of benzene rings is 1. The summed E-state index contributed by atoms with van der Waals surface area (Å²) in [5.41, 5.74) is 1.33. The molecule has 1 amide bonds. The maximum atomic E-state index is 13.0. The first kappa shape index (κ1) is 19.6. The van der Waals surface area contributed by atoms with E-state index >= 15 is 0 Å². The van der Waals surface area contributed by atoms with Crippen LogP contribution in [0.25, 0.3) is 0 Å². The Hall–Kier alpha value is -2.40. The minimum Gasteiger partial charge on any atom is -0.340 e. The van der Waals surface area contributed by atoms with Crippen molar-refractivity contribution in [1.29, 1.82) is 0 Å². The van der Waals surface area contributed by atoms with Crippen LogP contribution in [-0.4, -0.2) is 52.0 Å². The third-order valence-corrected chi connectivity index (χ3v) is 7.39. The number of carbonyl (C=O) groups is 1. The molecule has 0 saturated carbocycles. The van der Waals surface area contributed by atoms with Crippen molar-refractivity contribution in [2.24, 2.45) is 11.8 Å². The van der Waals surface area contributed by atoms with Crippen LogP contribution in [0.1, 0.15) is 31.2 Å². The minimum absolute atomic E-state index is 0.0862. The lowest BCUT2D eigenvalue weighted by Crippen LogP contribution is -2.62. The normalized spacial score (nSPS) is 28.7. The van der Waals surface area contributed by atoms with Gasteiger partial charge >= 0.3 is 0 Å². The number of rotatable bonds is 4. The Morgan fingerprint density at radius 3 is 2.63 bits per heavy atom. The van der Waals surface area contributed by atoms with E-state index in [-0.39, 0.29) is 18.0 Å². The first-order valence-corrected chi connectivity index (χ1v) is 11.4. The Kier molecular flexibility index (Phi) is 5.47. The van der Waals surface area contributed by atoms with Gasteiger partial charge in [0.05, 0.1) is 0 Å². The molecule has 30 heavy (non-hydrogen) atoms. The van der Waals surface area contributed by atoms with Crippen LogP contribution in [0, 0.1) is 11.8 Å². The van der Waals surface area contributed by atoms with Crippen LogP contribution in [0.3, 0.4) is 0 Å². The fraction of sp³-hybridized carbons (Fsp3) is 0.520. The van der Waals surface area contributed by atoms with Crippen molar-refractivity contribution in [1.82, 2.24) is 14.4 Å². The molecule has 3 aliphatic heterocycles. The van der Waals surface area contributed by atoms with Crippen molar-refractivity contribution >= 4 is 5.91 Å². The summed E-state index contributed by atoms with van der Waals surface area (Å²) in [6, 6.07) is 17.1. The van der Waals surface area contributed by atoms with Gasteiger partial charge in [-0.25, -0.2) is 0 Å². The molecule has 1 aromatic carbocycles. The van der Waals surface area contributed by atoms with Crippen molar-refractivity contribution in [3.8, 4) is 0 Å². The highest BCUT2D eigenvalue weighted by molar-refractivity contribution is 5.76. The number of hydrogen-bond donors (Lipinski definition) is 0. The molecule has 4 heterocycles. The second kappa shape index (κ2) is 8.38. The third kappa shape index (κ3) is 3.95. The van der Waals surface area contributed by atoms with Crippen LogP contribution in [0.2, 0.25) is 0 Å². The van der Waals surface area contributed by atoms with Crippen LogP contribution in [0.15, 0.2) is 59.5 Å². The second-order valence-corrected chi connectivity index (χ2v) is 9.37. The maximum absolute atomic E-state index is 13.0.